The molecule has 2 aromatic heterocycles. The Hall–Kier alpha value is -6.19. The molecule has 4 aliphatic rings. The first-order valence-corrected chi connectivity index (χ1v) is 20.5. The summed E-state index contributed by atoms with van der Waals surface area (Å²) >= 11 is 0. The number of hydrogen-bond acceptors (Lipinski definition) is 10. The highest BCUT2D eigenvalue weighted by atomic mass is 16.3. The van der Waals surface area contributed by atoms with E-state index in [1.54, 1.807) is 12.1 Å². The van der Waals surface area contributed by atoms with Crippen molar-refractivity contribution in [2.45, 2.75) is 83.1 Å². The molecule has 4 aliphatic heterocycles. The van der Waals surface area contributed by atoms with Crippen molar-refractivity contribution in [2.24, 2.45) is 5.92 Å². The van der Waals surface area contributed by atoms with Crippen molar-refractivity contribution in [3.8, 4) is 11.1 Å². The molecule has 15 heteroatoms. The summed E-state index contributed by atoms with van der Waals surface area (Å²) in [5, 5.41) is 19.8. The van der Waals surface area contributed by atoms with Gasteiger partial charge < -0.3 is 20.3 Å². The Morgan fingerprint density at radius 1 is 0.966 bits per heavy atom. The molecule has 0 spiro atoms. The summed E-state index contributed by atoms with van der Waals surface area (Å²) in [6.07, 6.45) is 8.47. The molecule has 3 aromatic carbocycles. The minimum Gasteiger partial charge on any atom is -0.392 e. The maximum absolute atomic E-state index is 13.6. The Kier molecular flexibility index (Phi) is 10.3. The molecule has 0 saturated carbocycles. The molecule has 304 valence electrons. The molecule has 0 aliphatic carbocycles. The van der Waals surface area contributed by atoms with Gasteiger partial charge in [-0.2, -0.15) is 5.10 Å². The van der Waals surface area contributed by atoms with Gasteiger partial charge in [0.15, 0.2) is 0 Å². The van der Waals surface area contributed by atoms with Crippen LogP contribution in [0.1, 0.15) is 88.8 Å². The molecule has 9 rings (SSSR count). The first kappa shape index (κ1) is 38.3. The number of H-pyrrole nitrogens is 1. The lowest BCUT2D eigenvalue weighted by molar-refractivity contribution is -0.136. The number of nitrogens with one attached hydrogen (secondary N) is 3. The number of anilines is 2. The van der Waals surface area contributed by atoms with E-state index in [0.29, 0.717) is 47.4 Å². The average Bonchev–Trinajstić information content (AvgIpc) is 4.00. The van der Waals surface area contributed by atoms with Crippen LogP contribution in [-0.4, -0.2) is 102 Å². The third-order valence-corrected chi connectivity index (χ3v) is 12.3. The minimum absolute atomic E-state index is 0.0866. The Bertz CT molecular complexity index is 2450. The third-order valence-electron chi connectivity index (χ3n) is 12.3. The summed E-state index contributed by atoms with van der Waals surface area (Å²) in [7, 11) is 0. The molecule has 3 fully saturated rings. The SMILES string of the molecule is C[C@H]1C[C@@H](O)CN1Cc1nc2ccc(NC(=O)c3ccc(-c4cnn(CCCC5CCN(c6cccc7c6C(=O)N(C6CCC(=O)NC6=O)C7=O)CC5)c4)cc3)cc2[nH]1. The van der Waals surface area contributed by atoms with Gasteiger partial charge in [0.1, 0.15) is 11.9 Å². The van der Waals surface area contributed by atoms with Gasteiger partial charge in [-0.05, 0) is 99.4 Å². The van der Waals surface area contributed by atoms with Crippen LogP contribution in [0, 0.1) is 5.92 Å². The zero-order valence-electron chi connectivity index (χ0n) is 32.9. The highest BCUT2D eigenvalue weighted by molar-refractivity contribution is 6.25. The van der Waals surface area contributed by atoms with Gasteiger partial charge in [-0.25, -0.2) is 4.98 Å². The van der Waals surface area contributed by atoms with Crippen molar-refractivity contribution in [3.05, 3.63) is 95.6 Å². The quantitative estimate of drug-likeness (QED) is 0.136. The highest BCUT2D eigenvalue weighted by Crippen LogP contribution is 2.36. The molecule has 1 unspecified atom stereocenters. The van der Waals surface area contributed by atoms with E-state index in [9.17, 15) is 29.1 Å². The Balaban J connectivity index is 0.744. The Labute approximate surface area is 340 Å². The Morgan fingerprint density at radius 2 is 1.78 bits per heavy atom. The van der Waals surface area contributed by atoms with Crippen LogP contribution in [0.3, 0.4) is 0 Å². The second-order valence-corrected chi connectivity index (χ2v) is 16.3. The molecular weight excluding hydrogens is 751 g/mol. The minimum atomic E-state index is -0.984. The number of amides is 5. The van der Waals surface area contributed by atoms with E-state index in [-0.39, 0.29) is 24.9 Å². The zero-order chi connectivity index (χ0) is 40.8. The number of aliphatic hydroxyl groups excluding tert-OH is 1. The number of rotatable bonds is 11. The van der Waals surface area contributed by atoms with E-state index >= 15 is 0 Å². The number of imide groups is 2. The number of aromatic nitrogens is 4. The van der Waals surface area contributed by atoms with Gasteiger partial charge in [0, 0.05) is 61.7 Å². The molecule has 6 heterocycles. The predicted octanol–water partition coefficient (Wildman–Crippen LogP) is 4.73. The summed E-state index contributed by atoms with van der Waals surface area (Å²) < 4.78 is 1.96. The molecule has 3 atom stereocenters. The van der Waals surface area contributed by atoms with Crippen LogP contribution in [0.4, 0.5) is 11.4 Å². The lowest BCUT2D eigenvalue weighted by atomic mass is 9.91. The number of carbonyl (C=O) groups is 5. The molecule has 59 heavy (non-hydrogen) atoms. The van der Waals surface area contributed by atoms with Gasteiger partial charge in [-0.1, -0.05) is 18.2 Å². The number of aromatic amines is 1. The number of likely N-dealkylation sites (tertiary alicyclic amines) is 1. The van der Waals surface area contributed by atoms with Crippen LogP contribution in [0.15, 0.2) is 73.1 Å². The number of hydrogen-bond donors (Lipinski definition) is 4. The number of nitrogens with zero attached hydrogens (tertiary/aromatic N) is 6. The first-order chi connectivity index (χ1) is 28.6. The molecule has 4 N–H and O–H groups in total. The van der Waals surface area contributed by atoms with Gasteiger partial charge in [0.2, 0.25) is 11.8 Å². The van der Waals surface area contributed by atoms with E-state index < -0.39 is 29.7 Å². The summed E-state index contributed by atoms with van der Waals surface area (Å²) in [4.78, 5) is 77.7. The second-order valence-electron chi connectivity index (χ2n) is 16.3. The van der Waals surface area contributed by atoms with Crippen LogP contribution in [0.25, 0.3) is 22.2 Å². The molecular formula is C44H47N9O6. The lowest BCUT2D eigenvalue weighted by Crippen LogP contribution is -2.54. The molecule has 0 radical (unpaired) electrons. The van der Waals surface area contributed by atoms with Gasteiger partial charge in [0.05, 0.1) is 46.7 Å². The summed E-state index contributed by atoms with van der Waals surface area (Å²) in [5.41, 5.74) is 6.21. The maximum Gasteiger partial charge on any atom is 0.264 e. The van der Waals surface area contributed by atoms with Gasteiger partial charge in [-0.15, -0.1) is 0 Å². The number of carbonyl (C=O) groups excluding carboxylic acids is 5. The molecule has 5 amide bonds. The van der Waals surface area contributed by atoms with E-state index in [4.69, 9.17) is 4.98 Å². The van der Waals surface area contributed by atoms with Gasteiger partial charge in [-0.3, -0.25) is 43.8 Å². The summed E-state index contributed by atoms with van der Waals surface area (Å²) in [6, 6.07) is 17.7. The molecule has 0 bridgehead atoms. The monoisotopic (exact) mass is 797 g/mol. The van der Waals surface area contributed by atoms with E-state index in [2.05, 4.69) is 37.4 Å². The number of aliphatic hydroxyl groups is 1. The Morgan fingerprint density at radius 3 is 2.54 bits per heavy atom. The van der Waals surface area contributed by atoms with Crippen LogP contribution < -0.4 is 15.5 Å². The number of benzene rings is 3. The van der Waals surface area contributed by atoms with Crippen LogP contribution >= 0.6 is 0 Å². The van der Waals surface area contributed by atoms with Crippen molar-refractivity contribution in [1.82, 2.24) is 34.9 Å². The van der Waals surface area contributed by atoms with Crippen LogP contribution in [0.2, 0.25) is 0 Å². The summed E-state index contributed by atoms with van der Waals surface area (Å²) in [5.74, 6) is -0.817. The van der Waals surface area contributed by atoms with E-state index in [1.165, 1.54) is 0 Å². The number of fused-ring (bicyclic) bond motifs is 2. The van der Waals surface area contributed by atoms with Crippen molar-refractivity contribution in [2.75, 3.05) is 29.9 Å². The largest absolute Gasteiger partial charge is 0.392 e. The van der Waals surface area contributed by atoms with Crippen molar-refractivity contribution in [3.63, 3.8) is 0 Å². The number of imidazole rings is 1. The lowest BCUT2D eigenvalue weighted by Gasteiger charge is -2.34. The molecule has 15 nitrogen and oxygen atoms in total. The number of aryl methyl sites for hydroxylation is 1. The van der Waals surface area contributed by atoms with Gasteiger partial charge >= 0.3 is 0 Å². The van der Waals surface area contributed by atoms with Crippen LogP contribution in [-0.2, 0) is 22.7 Å². The fourth-order valence-corrected chi connectivity index (χ4v) is 9.11. The molecule has 3 saturated heterocycles. The smallest absolute Gasteiger partial charge is 0.264 e. The fraction of sp³-hybridized carbons (Fsp3) is 0.386. The normalized spacial score (nSPS) is 21.4. The molecule has 5 aromatic rings. The zero-order valence-corrected chi connectivity index (χ0v) is 32.9. The van der Waals surface area contributed by atoms with Crippen molar-refractivity contribution in [1.29, 1.82) is 0 Å². The fourth-order valence-electron chi connectivity index (χ4n) is 9.11. The average molecular weight is 798 g/mol. The van der Waals surface area contributed by atoms with Crippen LogP contribution in [0.5, 0.6) is 0 Å². The van der Waals surface area contributed by atoms with Gasteiger partial charge in [0.25, 0.3) is 17.7 Å². The summed E-state index contributed by atoms with van der Waals surface area (Å²) in [6.45, 7) is 5.68. The first-order valence-electron chi connectivity index (χ1n) is 20.5. The predicted molar refractivity (Wildman–Crippen MR) is 219 cm³/mol. The number of piperidine rings is 2. The third kappa shape index (κ3) is 7.75. The van der Waals surface area contributed by atoms with E-state index in [1.807, 2.05) is 65.6 Å². The van der Waals surface area contributed by atoms with Crippen molar-refractivity contribution >= 4 is 51.9 Å². The highest BCUT2D eigenvalue weighted by Gasteiger charge is 2.46. The second kappa shape index (κ2) is 15.9. The topological polar surface area (TPSA) is 186 Å². The standard InChI is InChI=1S/C44H47N9O6/c1-26-20-32(54)24-51(26)25-38-47-34-12-11-31(21-35(34)48-38)46-41(56)29-9-7-28(8-10-29)30-22-45-52(23-30)17-3-4-27-15-18-50(19-16-27)36-6-2-5-33-40(36)44(59)53(43(33)58)37-13-14-39(55)49-42(37)57/h2,5-12,21-23,26-27,32,37,54H,3-4,13-20,24-25H2,1H3,(H,46,56)(H,47,48)(H,49,55,57)/t26-,32+,37?/m0/s1. The maximum atomic E-state index is 13.6. The van der Waals surface area contributed by atoms with E-state index in [0.717, 1.165) is 90.3 Å². The van der Waals surface area contributed by atoms with Crippen molar-refractivity contribution < 1.29 is 29.1 Å². The number of β-amino-alcohol motifs (C(OH)–C–C–N with tert-alkyl or cyclic N) is 1.